The second-order valence-corrected chi connectivity index (χ2v) is 21.5. The van der Waals surface area contributed by atoms with Gasteiger partial charge < -0.3 is 166 Å². The Hall–Kier alpha value is -7.81. The standard InChI is InChI=1S/C54H93N9O40/c64-22-34(72)51(92)47(88)30(68)13-55-100-26-43(84)96-9-5-62(6-10-97-44(85)27-101-56-14-31(69)48(89)52(93)35(73)23-65)38(76)17-60(20-41(80)81)3-1-59(19-40(78)79)2-4-61(21-42(82)83)18-39(77)63(7-11-98-45(86)28-102-57-15-32(70)49(90)53(94)36(74)24-66)8-12-99-46(87)29-103-58-16-33(71)50(91)54(95)37(75)25-67/h13-16,30-37,47-54,64-75,88-95H,1-12,17-29H2,(H,78,79)(H,80,81)(H,82,83)/b55-13+,56-14+,57-15+,58-16+/t30-,31-,32-,33-,34+,35+,36+,37+,47+,48+,49+,50+,51-,52-,53-,54-/m0/s1. The molecule has 103 heavy (non-hydrogen) atoms. The van der Waals surface area contributed by atoms with Crippen LogP contribution in [-0.2, 0) is 81.4 Å². The van der Waals surface area contributed by atoms with Crippen LogP contribution in [0.25, 0.3) is 0 Å². The number of rotatable bonds is 60. The molecule has 49 nitrogen and oxygen atoms in total. The Morgan fingerprint density at radius 2 is 0.495 bits per heavy atom. The summed E-state index contributed by atoms with van der Waals surface area (Å²) in [5.74, 6) is -11.2. The lowest BCUT2D eigenvalue weighted by Gasteiger charge is -2.30. The third-order valence-electron chi connectivity index (χ3n) is 13.5. The van der Waals surface area contributed by atoms with Crippen molar-refractivity contribution >= 4 is 78.5 Å². The van der Waals surface area contributed by atoms with Gasteiger partial charge in [-0.05, 0) is 0 Å². The van der Waals surface area contributed by atoms with Gasteiger partial charge in [-0.3, -0.25) is 38.7 Å². The Bertz CT molecular complexity index is 2320. The van der Waals surface area contributed by atoms with E-state index < -0.39 is 316 Å². The summed E-state index contributed by atoms with van der Waals surface area (Å²) in [6, 6.07) is 0. The number of ether oxygens (including phenoxy) is 4. The Morgan fingerprint density at radius 1 is 0.291 bits per heavy atom. The minimum Gasteiger partial charge on any atom is -0.480 e. The molecule has 594 valence electrons. The molecule has 49 heteroatoms. The number of hydrogen-bond donors (Lipinski definition) is 23. The number of carbonyl (C=O) groups excluding carboxylic acids is 6. The highest BCUT2D eigenvalue weighted by Gasteiger charge is 2.33. The molecule has 16 atom stereocenters. The first kappa shape index (κ1) is 95.2. The van der Waals surface area contributed by atoms with E-state index in [-0.39, 0.29) is 0 Å². The van der Waals surface area contributed by atoms with Crippen molar-refractivity contribution in [3.8, 4) is 0 Å². The monoisotopic (exact) mass is 1510 g/mol. The SMILES string of the molecule is O=C(O)CN(CCN(CC(=O)O)CC(=O)N(CCOC(=O)CO/N=C/[C@H](O)[C@@H](O)[C@@H](O)[C@H](O)CO)CCOC(=O)CO/N=C/[C@H](O)[C@@H](O)[C@@H](O)[C@H](O)CO)CCN(CC(=O)O)CC(=O)N(CCOC(=O)CO/N=C/[C@H](O)[C@@H](O)[C@@H](O)[C@H](O)CO)CCOC(=O)CO/N=C/[C@H](O)[C@@H](O)[C@@H](O)[C@H](O)CO. The van der Waals surface area contributed by atoms with E-state index in [1.807, 2.05) is 0 Å². The van der Waals surface area contributed by atoms with Crippen molar-refractivity contribution in [2.75, 3.05) is 164 Å². The van der Waals surface area contributed by atoms with Crippen LogP contribution in [0.1, 0.15) is 0 Å². The first-order valence-corrected chi connectivity index (χ1v) is 30.5. The zero-order valence-corrected chi connectivity index (χ0v) is 55.0. The van der Waals surface area contributed by atoms with Crippen molar-refractivity contribution < 1.29 is 199 Å². The van der Waals surface area contributed by atoms with Gasteiger partial charge in [0, 0.05) is 26.2 Å². The Labute approximate surface area is 583 Å². The molecule has 0 aliphatic heterocycles. The van der Waals surface area contributed by atoms with E-state index in [9.17, 15) is 140 Å². The average Bonchev–Trinajstić information content (AvgIpc) is 0.981. The molecular formula is C54H93N9O40. The molecule has 23 N–H and O–H groups in total. The third kappa shape index (κ3) is 41.9. The van der Waals surface area contributed by atoms with Gasteiger partial charge in [0.1, 0.15) is 124 Å². The van der Waals surface area contributed by atoms with E-state index in [1.54, 1.807) is 0 Å². The molecule has 0 aromatic carbocycles. The van der Waals surface area contributed by atoms with Gasteiger partial charge in [-0.2, -0.15) is 0 Å². The number of hydrogen-bond acceptors (Lipinski definition) is 44. The van der Waals surface area contributed by atoms with E-state index >= 15 is 0 Å². The topological polar surface area (TPSA) is 758 Å². The summed E-state index contributed by atoms with van der Waals surface area (Å²) in [4.78, 5) is 138. The van der Waals surface area contributed by atoms with E-state index in [0.29, 0.717) is 24.9 Å². The van der Waals surface area contributed by atoms with Crippen LogP contribution < -0.4 is 0 Å². The molecule has 0 aliphatic rings. The van der Waals surface area contributed by atoms with Crippen LogP contribution in [0.4, 0.5) is 0 Å². The molecule has 0 aromatic rings. The summed E-state index contributed by atoms with van der Waals surface area (Å²) >= 11 is 0. The van der Waals surface area contributed by atoms with Gasteiger partial charge >= 0.3 is 41.8 Å². The number of oxime groups is 4. The summed E-state index contributed by atoms with van der Waals surface area (Å²) in [6.07, 6.45) is -29.8. The van der Waals surface area contributed by atoms with Crippen molar-refractivity contribution in [3.05, 3.63) is 0 Å². The molecule has 0 saturated carbocycles. The van der Waals surface area contributed by atoms with Crippen LogP contribution in [0.5, 0.6) is 0 Å². The predicted octanol–water partition coefficient (Wildman–Crippen LogP) is -17.3. The number of esters is 4. The van der Waals surface area contributed by atoms with Crippen molar-refractivity contribution in [2.24, 2.45) is 20.6 Å². The highest BCUT2D eigenvalue weighted by Crippen LogP contribution is 2.09. The van der Waals surface area contributed by atoms with Gasteiger partial charge in [0.2, 0.25) is 38.2 Å². The zero-order valence-electron chi connectivity index (χ0n) is 55.0. The molecule has 0 radical (unpaired) electrons. The largest absolute Gasteiger partial charge is 0.480 e. The Morgan fingerprint density at radius 3 is 0.699 bits per heavy atom. The van der Waals surface area contributed by atoms with Crippen LogP contribution >= 0.6 is 0 Å². The van der Waals surface area contributed by atoms with E-state index in [2.05, 4.69) is 40.0 Å². The van der Waals surface area contributed by atoms with Crippen LogP contribution in [0, 0.1) is 0 Å². The molecule has 0 bridgehead atoms. The summed E-state index contributed by atoms with van der Waals surface area (Å²) in [5.41, 5.74) is 0. The van der Waals surface area contributed by atoms with Crippen LogP contribution in [-0.4, -0.2) is 482 Å². The van der Waals surface area contributed by atoms with Gasteiger partial charge in [-0.1, -0.05) is 20.6 Å². The smallest absolute Gasteiger partial charge is 0.347 e. The number of amides is 2. The van der Waals surface area contributed by atoms with Gasteiger partial charge in [-0.25, -0.2) is 19.2 Å². The lowest BCUT2D eigenvalue weighted by molar-refractivity contribution is -0.153. The second kappa shape index (κ2) is 53.9. The van der Waals surface area contributed by atoms with Gasteiger partial charge in [0.05, 0.1) is 110 Å². The number of carbonyl (C=O) groups is 9. The Balaban J connectivity index is 6.54. The molecule has 0 rings (SSSR count). The fourth-order valence-electron chi connectivity index (χ4n) is 7.67. The average molecular weight is 1510 g/mol. The third-order valence-corrected chi connectivity index (χ3v) is 13.5. The van der Waals surface area contributed by atoms with Gasteiger partial charge in [0.25, 0.3) is 0 Å². The summed E-state index contributed by atoms with van der Waals surface area (Å²) in [5, 5.41) is 235. The summed E-state index contributed by atoms with van der Waals surface area (Å²) in [7, 11) is 0. The number of carboxylic acids is 3. The second-order valence-electron chi connectivity index (χ2n) is 21.5. The molecule has 0 saturated heterocycles. The van der Waals surface area contributed by atoms with E-state index in [4.69, 9.17) is 39.4 Å². The maximum absolute atomic E-state index is 13.9. The Kier molecular flexibility index (Phi) is 49.8. The van der Waals surface area contributed by atoms with E-state index in [1.165, 1.54) is 0 Å². The molecule has 0 fully saturated rings. The number of aliphatic hydroxyl groups excluding tert-OH is 20. The fourth-order valence-corrected chi connectivity index (χ4v) is 7.67. The molecule has 0 aromatic heterocycles. The number of nitrogens with zero attached hydrogens (tertiary/aromatic N) is 9. The first-order chi connectivity index (χ1) is 48.5. The van der Waals surface area contributed by atoms with Gasteiger partial charge in [-0.15, -0.1) is 0 Å². The molecule has 2 amide bonds. The summed E-state index contributed by atoms with van der Waals surface area (Å²) in [6.45, 7) is -18.7. The van der Waals surface area contributed by atoms with Crippen LogP contribution in [0.2, 0.25) is 0 Å². The maximum Gasteiger partial charge on any atom is 0.347 e. The highest BCUT2D eigenvalue weighted by atomic mass is 16.7. The van der Waals surface area contributed by atoms with Crippen LogP contribution in [0.15, 0.2) is 20.6 Å². The van der Waals surface area contributed by atoms with Crippen LogP contribution in [0.3, 0.4) is 0 Å². The van der Waals surface area contributed by atoms with E-state index in [0.717, 1.165) is 24.5 Å². The zero-order chi connectivity index (χ0) is 78.3. The molecule has 0 unspecified atom stereocenters. The fraction of sp³-hybridized carbons (Fsp3) is 0.759. The van der Waals surface area contributed by atoms with Crippen molar-refractivity contribution in [3.63, 3.8) is 0 Å². The number of carboxylic acid groups (broad SMARTS) is 3. The lowest BCUT2D eigenvalue weighted by Crippen LogP contribution is -2.49. The van der Waals surface area contributed by atoms with Crippen molar-refractivity contribution in [2.45, 2.75) is 97.7 Å². The highest BCUT2D eigenvalue weighted by molar-refractivity contribution is 5.80. The normalized spacial score (nSPS) is 16.7. The van der Waals surface area contributed by atoms with Gasteiger partial charge in [0.15, 0.2) is 0 Å². The number of aliphatic carboxylic acids is 3. The molecule has 0 heterocycles. The molecule has 0 aliphatic carbocycles. The minimum absolute atomic E-state index is 0.405. The predicted molar refractivity (Wildman–Crippen MR) is 331 cm³/mol. The molecule has 0 spiro atoms. The first-order valence-electron chi connectivity index (χ1n) is 30.5. The minimum atomic E-state index is -2.08. The molecular weight excluding hydrogens is 1410 g/mol. The van der Waals surface area contributed by atoms with Crippen molar-refractivity contribution in [1.29, 1.82) is 0 Å². The number of aliphatic hydroxyl groups is 20. The summed E-state index contributed by atoms with van der Waals surface area (Å²) < 4.78 is 20.1. The lowest BCUT2D eigenvalue weighted by atomic mass is 10.0. The maximum atomic E-state index is 13.9. The van der Waals surface area contributed by atoms with Crippen molar-refractivity contribution in [1.82, 2.24) is 24.5 Å². The quantitative estimate of drug-likeness (QED) is 0.0116.